The number of ether oxygens (including phenoxy) is 1. The lowest BCUT2D eigenvalue weighted by molar-refractivity contribution is 0.00718. The molecule has 0 unspecified atom stereocenters. The fourth-order valence-electron chi connectivity index (χ4n) is 2.78. The molecular weight excluding hydrogens is 290 g/mol. The minimum Gasteiger partial charge on any atom is -0.456 e. The highest BCUT2D eigenvalue weighted by Crippen LogP contribution is 2.25. The number of fused-ring (bicyclic) bond motifs is 3. The summed E-state index contributed by atoms with van der Waals surface area (Å²) in [6, 6.07) is 13.0. The Labute approximate surface area is 134 Å². The minimum absolute atomic E-state index is 0.194. The van der Waals surface area contributed by atoms with Crippen LogP contribution in [0.4, 0.5) is 0 Å². The molecule has 0 radical (unpaired) electrons. The van der Waals surface area contributed by atoms with Gasteiger partial charge in [-0.2, -0.15) is 0 Å². The predicted octanol–water partition coefficient (Wildman–Crippen LogP) is 3.65. The third kappa shape index (κ3) is 2.61. The Bertz CT molecular complexity index is 977. The molecule has 0 aliphatic rings. The second kappa shape index (κ2) is 5.23. The first-order valence-corrected chi connectivity index (χ1v) is 7.53. The van der Waals surface area contributed by atoms with Crippen LogP contribution >= 0.6 is 0 Å². The number of aryl methyl sites for hydroxylation is 1. The molecule has 0 fully saturated rings. The maximum absolute atomic E-state index is 12.8. The van der Waals surface area contributed by atoms with E-state index in [0.717, 1.165) is 16.3 Å². The maximum atomic E-state index is 12.8. The molecule has 23 heavy (non-hydrogen) atoms. The monoisotopic (exact) mass is 309 g/mol. The Morgan fingerprint density at radius 2 is 1.65 bits per heavy atom. The molecule has 3 aromatic rings. The zero-order chi connectivity index (χ0) is 16.8. The highest BCUT2D eigenvalue weighted by atomic mass is 16.6. The van der Waals surface area contributed by atoms with Crippen LogP contribution in [0.15, 0.2) is 47.3 Å². The predicted molar refractivity (Wildman–Crippen MR) is 91.9 cm³/mol. The van der Waals surface area contributed by atoms with E-state index in [1.165, 1.54) is 0 Å². The quantitative estimate of drug-likeness (QED) is 0.509. The summed E-state index contributed by atoms with van der Waals surface area (Å²) in [6.07, 6.45) is 0. The number of nitrogens with zero attached hydrogens (tertiary/aromatic N) is 1. The van der Waals surface area contributed by atoms with E-state index in [1.807, 2.05) is 51.1 Å². The van der Waals surface area contributed by atoms with E-state index in [1.54, 1.807) is 23.7 Å². The first-order chi connectivity index (χ1) is 10.8. The largest absolute Gasteiger partial charge is 0.456 e. The number of hydrogen-bond acceptors (Lipinski definition) is 3. The van der Waals surface area contributed by atoms with Crippen LogP contribution in [-0.2, 0) is 11.8 Å². The fourth-order valence-corrected chi connectivity index (χ4v) is 2.78. The molecule has 0 amide bonds. The van der Waals surface area contributed by atoms with E-state index in [9.17, 15) is 9.59 Å². The van der Waals surface area contributed by atoms with E-state index >= 15 is 0 Å². The van der Waals surface area contributed by atoms with Gasteiger partial charge in [0, 0.05) is 12.4 Å². The summed E-state index contributed by atoms with van der Waals surface area (Å²) < 4.78 is 7.03. The molecule has 0 saturated carbocycles. The molecule has 0 aliphatic carbocycles. The third-order valence-corrected chi connectivity index (χ3v) is 3.76. The van der Waals surface area contributed by atoms with Gasteiger partial charge in [-0.25, -0.2) is 4.79 Å². The molecule has 0 aliphatic heterocycles. The molecule has 0 bridgehead atoms. The van der Waals surface area contributed by atoms with Crippen molar-refractivity contribution in [2.24, 2.45) is 7.05 Å². The molecule has 4 heteroatoms. The minimum atomic E-state index is -0.610. The molecule has 0 spiro atoms. The van der Waals surface area contributed by atoms with Crippen LogP contribution in [-0.4, -0.2) is 16.1 Å². The molecule has 4 nitrogen and oxygen atoms in total. The van der Waals surface area contributed by atoms with Gasteiger partial charge < -0.3 is 9.30 Å². The van der Waals surface area contributed by atoms with Crippen molar-refractivity contribution in [1.82, 2.24) is 4.57 Å². The number of rotatable bonds is 1. The van der Waals surface area contributed by atoms with Crippen LogP contribution in [0, 0.1) is 0 Å². The van der Waals surface area contributed by atoms with Crippen molar-refractivity contribution in [3.63, 3.8) is 0 Å². The standard InChI is InChI=1S/C19H19NO3/c1-19(2,3)23-18(22)14-10-7-9-13-12-8-5-6-11-15(12)20(4)17(21)16(13)14/h5-11H,1-4H3. The average molecular weight is 309 g/mol. The molecule has 118 valence electrons. The zero-order valence-corrected chi connectivity index (χ0v) is 13.7. The van der Waals surface area contributed by atoms with Crippen LogP contribution in [0.5, 0.6) is 0 Å². The average Bonchev–Trinajstić information content (AvgIpc) is 2.50. The van der Waals surface area contributed by atoms with E-state index < -0.39 is 11.6 Å². The van der Waals surface area contributed by atoms with Crippen molar-refractivity contribution < 1.29 is 9.53 Å². The number of aromatic nitrogens is 1. The van der Waals surface area contributed by atoms with Gasteiger partial charge in [0.05, 0.1) is 16.5 Å². The highest BCUT2D eigenvalue weighted by Gasteiger charge is 2.22. The lowest BCUT2D eigenvalue weighted by Crippen LogP contribution is -2.26. The number of benzene rings is 2. The number of para-hydroxylation sites is 1. The van der Waals surface area contributed by atoms with E-state index in [0.29, 0.717) is 10.9 Å². The Hall–Kier alpha value is -2.62. The van der Waals surface area contributed by atoms with Gasteiger partial charge in [-0.15, -0.1) is 0 Å². The Morgan fingerprint density at radius 1 is 1.00 bits per heavy atom. The molecule has 1 heterocycles. The molecular formula is C19H19NO3. The maximum Gasteiger partial charge on any atom is 0.339 e. The molecule has 0 N–H and O–H groups in total. The normalized spacial score (nSPS) is 11.8. The van der Waals surface area contributed by atoms with Gasteiger partial charge in [0.1, 0.15) is 5.60 Å². The van der Waals surface area contributed by atoms with Crippen molar-refractivity contribution in [2.45, 2.75) is 26.4 Å². The number of carbonyl (C=O) groups is 1. The molecule has 0 saturated heterocycles. The first-order valence-electron chi connectivity index (χ1n) is 7.53. The second-order valence-electron chi connectivity index (χ2n) is 6.61. The van der Waals surface area contributed by atoms with Gasteiger partial charge >= 0.3 is 5.97 Å². The van der Waals surface area contributed by atoms with Crippen LogP contribution < -0.4 is 5.56 Å². The lowest BCUT2D eigenvalue weighted by atomic mass is 10.0. The summed E-state index contributed by atoms with van der Waals surface area (Å²) in [4.78, 5) is 25.3. The van der Waals surface area contributed by atoms with Gasteiger partial charge in [0.2, 0.25) is 0 Å². The summed E-state index contributed by atoms with van der Waals surface area (Å²) in [6.45, 7) is 5.43. The van der Waals surface area contributed by atoms with Crippen molar-refractivity contribution in [3.05, 3.63) is 58.4 Å². The van der Waals surface area contributed by atoms with Crippen LogP contribution in [0.1, 0.15) is 31.1 Å². The van der Waals surface area contributed by atoms with Crippen molar-refractivity contribution in [1.29, 1.82) is 0 Å². The number of hydrogen-bond donors (Lipinski definition) is 0. The number of carbonyl (C=O) groups excluding carboxylic acids is 1. The van der Waals surface area contributed by atoms with E-state index in [-0.39, 0.29) is 5.56 Å². The smallest absolute Gasteiger partial charge is 0.339 e. The summed E-state index contributed by atoms with van der Waals surface area (Å²) >= 11 is 0. The number of pyridine rings is 1. The number of esters is 1. The van der Waals surface area contributed by atoms with Crippen molar-refractivity contribution >= 4 is 27.6 Å². The SMILES string of the molecule is Cn1c(=O)c2c(C(=O)OC(C)(C)C)cccc2c2ccccc21. The first kappa shape index (κ1) is 15.3. The molecule has 3 rings (SSSR count). The molecule has 2 aromatic carbocycles. The van der Waals surface area contributed by atoms with Crippen LogP contribution in [0.3, 0.4) is 0 Å². The summed E-state index contributed by atoms with van der Waals surface area (Å²) in [5.74, 6) is -0.476. The van der Waals surface area contributed by atoms with Gasteiger partial charge in [-0.1, -0.05) is 30.3 Å². The van der Waals surface area contributed by atoms with Gasteiger partial charge in [0.15, 0.2) is 0 Å². The van der Waals surface area contributed by atoms with Gasteiger partial charge in [-0.3, -0.25) is 4.79 Å². The van der Waals surface area contributed by atoms with Crippen molar-refractivity contribution in [3.8, 4) is 0 Å². The molecule has 1 aromatic heterocycles. The Kier molecular flexibility index (Phi) is 3.48. The lowest BCUT2D eigenvalue weighted by Gasteiger charge is -2.20. The third-order valence-electron chi connectivity index (χ3n) is 3.76. The summed E-state index contributed by atoms with van der Waals surface area (Å²) in [7, 11) is 1.72. The van der Waals surface area contributed by atoms with Crippen molar-refractivity contribution in [2.75, 3.05) is 0 Å². The Balaban J connectivity index is 2.38. The van der Waals surface area contributed by atoms with Crippen LogP contribution in [0.2, 0.25) is 0 Å². The fraction of sp³-hybridized carbons (Fsp3) is 0.263. The highest BCUT2D eigenvalue weighted by molar-refractivity contribution is 6.12. The van der Waals surface area contributed by atoms with E-state index in [2.05, 4.69) is 0 Å². The van der Waals surface area contributed by atoms with Gasteiger partial charge in [0.25, 0.3) is 5.56 Å². The summed E-state index contributed by atoms with van der Waals surface area (Å²) in [5, 5.41) is 2.12. The Morgan fingerprint density at radius 3 is 2.35 bits per heavy atom. The molecule has 0 atom stereocenters. The summed E-state index contributed by atoms with van der Waals surface area (Å²) in [5.41, 5.74) is 0.344. The second-order valence-corrected chi connectivity index (χ2v) is 6.61. The van der Waals surface area contributed by atoms with E-state index in [4.69, 9.17) is 4.74 Å². The topological polar surface area (TPSA) is 48.3 Å². The zero-order valence-electron chi connectivity index (χ0n) is 13.7. The van der Waals surface area contributed by atoms with Crippen LogP contribution in [0.25, 0.3) is 21.7 Å². The van der Waals surface area contributed by atoms with Gasteiger partial charge in [-0.05, 0) is 38.3 Å².